The average molecular weight is 243 g/mol. The minimum atomic E-state index is 0. The summed E-state index contributed by atoms with van der Waals surface area (Å²) in [5.41, 5.74) is 0. The first kappa shape index (κ1) is 194. The van der Waals surface area contributed by atoms with Gasteiger partial charge in [-0.1, -0.05) is 0 Å². The minimum absolute atomic E-state index is 0. The maximum atomic E-state index is 0. The van der Waals surface area contributed by atoms with E-state index >= 15 is 0 Å². The summed E-state index contributed by atoms with van der Waals surface area (Å²) in [5.74, 6) is 0. The molecule has 0 atom stereocenters. The topological polar surface area (TPSA) is 63.0 Å². The number of rotatable bonds is 0. The van der Waals surface area contributed by atoms with Crippen molar-refractivity contribution in [1.29, 1.82) is 0 Å². The van der Waals surface area contributed by atoms with Gasteiger partial charge in [0.15, 0.2) is 0 Å². The van der Waals surface area contributed by atoms with Crippen molar-refractivity contribution in [2.24, 2.45) is 0 Å². The first-order valence-electron chi connectivity index (χ1n) is 0. The molecule has 2 nitrogen and oxygen atoms in total. The molecule has 0 spiro atoms. The molecule has 0 heterocycles. The van der Waals surface area contributed by atoms with E-state index in [4.69, 9.17) is 0 Å². The van der Waals surface area contributed by atoms with E-state index in [0.717, 1.165) is 0 Å². The fourth-order valence-corrected chi connectivity index (χ4v) is 0. The van der Waals surface area contributed by atoms with Gasteiger partial charge in [-0.15, -0.1) is 24.8 Å². The van der Waals surface area contributed by atoms with Crippen LogP contribution in [0.2, 0.25) is 0 Å². The van der Waals surface area contributed by atoms with Gasteiger partial charge in [0.25, 0.3) is 0 Å². The molecule has 0 aliphatic heterocycles. The second-order valence-electron chi connectivity index (χ2n) is 0. The molecule has 7 heavy (non-hydrogen) atoms. The molecular formula is H6Cl4CuO2. The third-order valence-electron chi connectivity index (χ3n) is 0. The summed E-state index contributed by atoms with van der Waals surface area (Å²) in [7, 11) is 0. The average Bonchev–Trinajstić information content (AvgIpc) is 0. The molecule has 0 aromatic rings. The van der Waals surface area contributed by atoms with Crippen LogP contribution in [0.15, 0.2) is 0 Å². The SMILES string of the molecule is Cl.Cl.O.O.[Cl-].[Cl-].[Cu+2]. The first-order chi connectivity index (χ1) is 0. The van der Waals surface area contributed by atoms with Crippen LogP contribution in [0.25, 0.3) is 0 Å². The minimum Gasteiger partial charge on any atom is -1.00 e. The largest absolute Gasteiger partial charge is 2.00 e. The maximum Gasteiger partial charge on any atom is 2.00 e. The summed E-state index contributed by atoms with van der Waals surface area (Å²) < 4.78 is 0. The monoisotopic (exact) mass is 241 g/mol. The van der Waals surface area contributed by atoms with Crippen LogP contribution in [0.3, 0.4) is 0 Å². The Hall–Kier alpha value is 1.60. The van der Waals surface area contributed by atoms with Gasteiger partial charge in [0.2, 0.25) is 0 Å². The molecule has 0 rings (SSSR count). The third kappa shape index (κ3) is 93.1. The molecule has 0 unspecified atom stereocenters. The van der Waals surface area contributed by atoms with Crippen molar-refractivity contribution in [3.05, 3.63) is 0 Å². The zero-order valence-electron chi connectivity index (χ0n) is 2.87. The number of halogens is 4. The summed E-state index contributed by atoms with van der Waals surface area (Å²) in [6, 6.07) is 0. The van der Waals surface area contributed by atoms with Gasteiger partial charge < -0.3 is 35.8 Å². The summed E-state index contributed by atoms with van der Waals surface area (Å²) in [4.78, 5) is 0. The van der Waals surface area contributed by atoms with E-state index in [-0.39, 0.29) is 77.6 Å². The molecule has 0 amide bonds. The van der Waals surface area contributed by atoms with Crippen LogP contribution < -0.4 is 24.8 Å². The Morgan fingerprint density at radius 1 is 0.571 bits per heavy atom. The fourth-order valence-electron chi connectivity index (χ4n) is 0. The Labute approximate surface area is 77.5 Å². The number of hydrogen-bond donors (Lipinski definition) is 0. The van der Waals surface area contributed by atoms with E-state index in [2.05, 4.69) is 0 Å². The van der Waals surface area contributed by atoms with Gasteiger partial charge in [-0.25, -0.2) is 0 Å². The maximum absolute atomic E-state index is 0. The van der Waals surface area contributed by atoms with Crippen LogP contribution in [-0.4, -0.2) is 11.0 Å². The Morgan fingerprint density at radius 3 is 0.571 bits per heavy atom. The summed E-state index contributed by atoms with van der Waals surface area (Å²) in [6.45, 7) is 0. The van der Waals surface area contributed by atoms with E-state index in [9.17, 15) is 0 Å². The summed E-state index contributed by atoms with van der Waals surface area (Å²) in [5, 5.41) is 0. The van der Waals surface area contributed by atoms with Crippen LogP contribution in [-0.2, 0) is 17.1 Å². The summed E-state index contributed by atoms with van der Waals surface area (Å²) in [6.07, 6.45) is 0. The van der Waals surface area contributed by atoms with Crippen molar-refractivity contribution in [2.75, 3.05) is 0 Å². The second-order valence-corrected chi connectivity index (χ2v) is 0. The molecule has 0 aromatic carbocycles. The van der Waals surface area contributed by atoms with Gasteiger partial charge >= 0.3 is 17.1 Å². The molecule has 57 valence electrons. The Bertz CT molecular complexity index is 9.65. The van der Waals surface area contributed by atoms with Crippen molar-refractivity contribution in [3.63, 3.8) is 0 Å². The van der Waals surface area contributed by atoms with Gasteiger partial charge in [0.05, 0.1) is 0 Å². The van der Waals surface area contributed by atoms with Crippen molar-refractivity contribution >= 4 is 24.8 Å². The Balaban J connectivity index is 0. The van der Waals surface area contributed by atoms with E-state index < -0.39 is 0 Å². The molecule has 4 N–H and O–H groups in total. The standard InChI is InChI=1S/4ClH.Cu.2H2O/h4*1H;;2*1H2/q;;;;+2;;/p-2. The predicted octanol–water partition coefficient (Wildman–Crippen LogP) is -6.80. The predicted molar refractivity (Wildman–Crippen MR) is 21.7 cm³/mol. The van der Waals surface area contributed by atoms with Crippen LogP contribution in [0, 0.1) is 0 Å². The van der Waals surface area contributed by atoms with Gasteiger partial charge in [-0.05, 0) is 0 Å². The smallest absolute Gasteiger partial charge is 1.00 e. The van der Waals surface area contributed by atoms with Gasteiger partial charge in [-0.3, -0.25) is 0 Å². The molecule has 0 aliphatic carbocycles. The molecule has 0 fully saturated rings. The number of hydrogen-bond acceptors (Lipinski definition) is 0. The van der Waals surface area contributed by atoms with Gasteiger partial charge in [0, 0.05) is 0 Å². The van der Waals surface area contributed by atoms with E-state index in [1.807, 2.05) is 0 Å². The van der Waals surface area contributed by atoms with E-state index in [0.29, 0.717) is 0 Å². The van der Waals surface area contributed by atoms with Gasteiger partial charge in [-0.2, -0.15) is 0 Å². The van der Waals surface area contributed by atoms with Crippen LogP contribution in [0.5, 0.6) is 0 Å². The van der Waals surface area contributed by atoms with E-state index in [1.54, 1.807) is 0 Å². The molecule has 0 bridgehead atoms. The molecule has 0 saturated heterocycles. The molecule has 0 saturated carbocycles. The van der Waals surface area contributed by atoms with Gasteiger partial charge in [0.1, 0.15) is 0 Å². The Kier molecular flexibility index (Phi) is 3590. The fraction of sp³-hybridized carbons (Fsp3) is 0. The van der Waals surface area contributed by atoms with E-state index in [1.165, 1.54) is 0 Å². The van der Waals surface area contributed by atoms with Crippen molar-refractivity contribution in [2.45, 2.75) is 0 Å². The Morgan fingerprint density at radius 2 is 0.571 bits per heavy atom. The quantitative estimate of drug-likeness (QED) is 0.380. The first-order valence-corrected chi connectivity index (χ1v) is 0. The molecule has 1 radical (unpaired) electrons. The zero-order valence-corrected chi connectivity index (χ0v) is 6.96. The molecular weight excluding hydrogens is 237 g/mol. The van der Waals surface area contributed by atoms with Crippen molar-refractivity contribution in [1.82, 2.24) is 0 Å². The molecule has 7 heteroatoms. The van der Waals surface area contributed by atoms with Crippen molar-refractivity contribution < 1.29 is 52.8 Å². The normalized spacial score (nSPS) is 0. The summed E-state index contributed by atoms with van der Waals surface area (Å²) >= 11 is 0. The van der Waals surface area contributed by atoms with Crippen molar-refractivity contribution in [3.8, 4) is 0 Å². The second kappa shape index (κ2) is 129. The third-order valence-corrected chi connectivity index (χ3v) is 0. The molecule has 0 aromatic heterocycles. The molecule has 0 aliphatic rings. The van der Waals surface area contributed by atoms with Crippen LogP contribution in [0.1, 0.15) is 0 Å². The van der Waals surface area contributed by atoms with Crippen LogP contribution >= 0.6 is 24.8 Å². The zero-order chi connectivity index (χ0) is 0. The van der Waals surface area contributed by atoms with Crippen LogP contribution in [0.4, 0.5) is 0 Å².